The molecule has 1 rings (SSSR count). The molecule has 0 aliphatic carbocycles. The van der Waals surface area contributed by atoms with Gasteiger partial charge in [0, 0.05) is 5.56 Å². The zero-order valence-corrected chi connectivity index (χ0v) is 10.9. The molecule has 1 aromatic rings. The van der Waals surface area contributed by atoms with Gasteiger partial charge in [-0.1, -0.05) is 12.1 Å². The van der Waals surface area contributed by atoms with E-state index in [0.29, 0.717) is 5.56 Å². The Morgan fingerprint density at radius 2 is 1.35 bits per heavy atom. The average Bonchev–Trinajstić information content (AvgIpc) is 2.13. The predicted octanol–water partition coefficient (Wildman–Crippen LogP) is 2.44. The van der Waals surface area contributed by atoms with Crippen LogP contribution in [0.15, 0.2) is 24.3 Å². The van der Waals surface area contributed by atoms with E-state index in [0.717, 1.165) is 6.54 Å². The van der Waals surface area contributed by atoms with Crippen molar-refractivity contribution in [1.82, 2.24) is 0 Å². The number of halogens is 6. The molecule has 2 nitrogen and oxygen atoms in total. The van der Waals surface area contributed by atoms with Crippen LogP contribution in [0.2, 0.25) is 0 Å². The molecule has 0 amide bonds. The molecule has 1 aromatic carbocycles. The number of nitriles is 1. The first kappa shape index (κ1) is 16.1. The van der Waals surface area contributed by atoms with Crippen molar-refractivity contribution in [3.63, 3.8) is 0 Å². The summed E-state index contributed by atoms with van der Waals surface area (Å²) in [4.78, 5) is 0. The van der Waals surface area contributed by atoms with Gasteiger partial charge in [0.1, 0.15) is 0 Å². The molecule has 17 heavy (non-hydrogen) atoms. The molecular formula is C8H9F6N2Sb. The number of nitrogens with zero attached hydrogens (tertiary/aromatic N) is 1. The number of benzene rings is 1. The topological polar surface area (TPSA) is 51.4 Å². The van der Waals surface area contributed by atoms with Crippen molar-refractivity contribution in [2.24, 2.45) is 0 Å². The summed E-state index contributed by atoms with van der Waals surface area (Å²) in [6.07, 6.45) is 0. The number of hydrogen-bond acceptors (Lipinski definition) is 1. The summed E-state index contributed by atoms with van der Waals surface area (Å²) in [5, 5.41) is 8.44. The Morgan fingerprint density at radius 1 is 1.00 bits per heavy atom. The molecule has 0 aliphatic heterocycles. The first-order chi connectivity index (χ1) is 7.31. The Balaban J connectivity index is 0.000000325. The zero-order valence-electron chi connectivity index (χ0n) is 8.39. The van der Waals surface area contributed by atoms with Gasteiger partial charge >= 0.3 is 36.4 Å². The van der Waals surface area contributed by atoms with Crippen LogP contribution >= 0.6 is 0 Å². The van der Waals surface area contributed by atoms with Gasteiger partial charge in [-0.2, -0.15) is 5.26 Å². The molecule has 0 saturated carbocycles. The Kier molecular flexibility index (Phi) is 4.15. The van der Waals surface area contributed by atoms with Crippen molar-refractivity contribution < 1.29 is 22.6 Å². The Labute approximate surface area is 95.5 Å². The van der Waals surface area contributed by atoms with Gasteiger partial charge in [-0.3, -0.25) is 0 Å². The summed E-state index contributed by atoms with van der Waals surface area (Å²) in [6.45, 7) is 0.783. The van der Waals surface area contributed by atoms with E-state index in [1.165, 1.54) is 5.56 Å². The molecule has 0 bridgehead atoms. The van der Waals surface area contributed by atoms with Crippen LogP contribution in [0.25, 0.3) is 0 Å². The quantitative estimate of drug-likeness (QED) is 0.600. The van der Waals surface area contributed by atoms with Gasteiger partial charge in [0.25, 0.3) is 0 Å². The van der Waals surface area contributed by atoms with Crippen LogP contribution in [0.4, 0.5) is 16.9 Å². The van der Waals surface area contributed by atoms with Crippen molar-refractivity contribution in [1.29, 1.82) is 5.26 Å². The minimum atomic E-state index is -11.2. The fraction of sp³-hybridized carbons (Fsp3) is 0.125. The van der Waals surface area contributed by atoms with E-state index in [4.69, 9.17) is 5.26 Å². The summed E-state index contributed by atoms with van der Waals surface area (Å²) in [7, 11) is 0. The maximum absolute atomic E-state index is 11.2. The van der Waals surface area contributed by atoms with Gasteiger partial charge in [-0.05, 0) is 12.1 Å². The van der Waals surface area contributed by atoms with E-state index < -0.39 is 19.5 Å². The summed E-state index contributed by atoms with van der Waals surface area (Å²) in [6, 6.07) is 9.51. The van der Waals surface area contributed by atoms with Gasteiger partial charge in [0.05, 0.1) is 18.2 Å². The summed E-state index contributed by atoms with van der Waals surface area (Å²) < 4.78 is 59.6. The Hall–Kier alpha value is -0.932. The third kappa shape index (κ3) is 15.1. The molecule has 9 heteroatoms. The number of rotatable bonds is 1. The van der Waals surface area contributed by atoms with Crippen LogP contribution in [0.1, 0.15) is 11.1 Å². The van der Waals surface area contributed by atoms with Crippen molar-refractivity contribution >= 4 is 19.5 Å². The molecule has 3 N–H and O–H groups in total. The van der Waals surface area contributed by atoms with E-state index in [9.17, 15) is 16.9 Å². The van der Waals surface area contributed by atoms with Crippen LogP contribution in [0.5, 0.6) is 0 Å². The molecule has 0 heterocycles. The second-order valence-electron chi connectivity index (χ2n) is 3.02. The van der Waals surface area contributed by atoms with E-state index in [1.807, 2.05) is 12.1 Å². The average molecular weight is 369 g/mol. The third-order valence-electron chi connectivity index (χ3n) is 1.37. The van der Waals surface area contributed by atoms with Crippen molar-refractivity contribution in [3.8, 4) is 6.07 Å². The molecule has 0 atom stereocenters. The fourth-order valence-electron chi connectivity index (χ4n) is 0.746. The van der Waals surface area contributed by atoms with Gasteiger partial charge < -0.3 is 5.73 Å². The van der Waals surface area contributed by atoms with Crippen LogP contribution in [0.3, 0.4) is 0 Å². The molecule has 0 saturated heterocycles. The third-order valence-corrected chi connectivity index (χ3v) is 1.37. The van der Waals surface area contributed by atoms with Crippen LogP contribution in [-0.2, 0) is 6.54 Å². The summed E-state index contributed by atoms with van der Waals surface area (Å²) in [5.74, 6) is 0. The monoisotopic (exact) mass is 368 g/mol. The Morgan fingerprint density at radius 3 is 1.59 bits per heavy atom. The summed E-state index contributed by atoms with van der Waals surface area (Å²) in [5.41, 5.74) is 5.60. The maximum atomic E-state index is 9.93. The predicted molar refractivity (Wildman–Crippen MR) is 50.2 cm³/mol. The SMILES string of the molecule is N#Cc1ccc(C[NH3+])cc1.[F][Sb-]([F])([F])([F])([F])[F]. The molecule has 0 aliphatic rings. The number of quaternary nitrogens is 1. The number of hydrogen-bond donors (Lipinski definition) is 1. The minimum absolute atomic E-state index is 0.706. The van der Waals surface area contributed by atoms with Gasteiger partial charge in [-0.15, -0.1) is 0 Å². The molecule has 0 unspecified atom stereocenters. The van der Waals surface area contributed by atoms with Crippen LogP contribution in [0, 0.1) is 11.3 Å². The van der Waals surface area contributed by atoms with E-state index in [2.05, 4.69) is 11.8 Å². The second-order valence-corrected chi connectivity index (χ2v) is 8.49. The molecule has 0 spiro atoms. The summed E-state index contributed by atoms with van der Waals surface area (Å²) >= 11 is -11.2. The van der Waals surface area contributed by atoms with E-state index in [1.54, 1.807) is 12.1 Å². The fourth-order valence-corrected chi connectivity index (χ4v) is 0.746. The normalized spacial score (nSPS) is 14.7. The van der Waals surface area contributed by atoms with Crippen molar-refractivity contribution in [2.45, 2.75) is 6.54 Å². The standard InChI is InChI=1S/C8H8N2.6FH.Sb/c9-5-7-1-2-8(6-10)4-3-7;;;;;;;/h1-4H,5,9H2;6*1H;/q;;;;;;;+5/p-5. The second kappa shape index (κ2) is 4.39. The zero-order chi connectivity index (χ0) is 13.8. The Bertz CT molecular complexity index is 403. The first-order valence-corrected chi connectivity index (χ1v) is 9.95. The van der Waals surface area contributed by atoms with Crippen LogP contribution < -0.4 is 5.73 Å². The molecular weight excluding hydrogens is 360 g/mol. The van der Waals surface area contributed by atoms with E-state index >= 15 is 0 Å². The van der Waals surface area contributed by atoms with Gasteiger partial charge in [0.2, 0.25) is 0 Å². The van der Waals surface area contributed by atoms with Crippen molar-refractivity contribution in [3.05, 3.63) is 35.4 Å². The van der Waals surface area contributed by atoms with E-state index in [-0.39, 0.29) is 0 Å². The van der Waals surface area contributed by atoms with Gasteiger partial charge in [-0.25, -0.2) is 0 Å². The molecule has 98 valence electrons. The van der Waals surface area contributed by atoms with Crippen molar-refractivity contribution in [2.75, 3.05) is 0 Å². The molecule has 0 radical (unpaired) electrons. The first-order valence-electron chi connectivity index (χ1n) is 4.16. The van der Waals surface area contributed by atoms with Crippen LogP contribution in [-0.4, -0.2) is 19.5 Å². The van der Waals surface area contributed by atoms with Gasteiger partial charge in [0.15, 0.2) is 0 Å². The molecule has 0 aromatic heterocycles. The molecule has 0 fully saturated rings.